The molecule has 0 fully saturated rings. The Balaban J connectivity index is 1.98. The number of anilines is 1. The molecule has 0 bridgehead atoms. The van der Waals surface area contributed by atoms with Crippen LogP contribution in [0.1, 0.15) is 42.3 Å². The molecular formula is C22H28N2O4. The molecule has 0 spiro atoms. The van der Waals surface area contributed by atoms with Crippen LogP contribution in [0.25, 0.3) is 0 Å². The normalized spacial score (nSPS) is 10.9. The molecule has 2 N–H and O–H groups in total. The fourth-order valence-corrected chi connectivity index (χ4v) is 2.69. The minimum Gasteiger partial charge on any atom is -0.493 e. The van der Waals surface area contributed by atoms with Gasteiger partial charge in [-0.15, -0.1) is 0 Å². The van der Waals surface area contributed by atoms with Gasteiger partial charge in [-0.25, -0.2) is 0 Å². The van der Waals surface area contributed by atoms with Gasteiger partial charge in [0.1, 0.15) is 0 Å². The Labute approximate surface area is 166 Å². The van der Waals surface area contributed by atoms with E-state index in [0.29, 0.717) is 22.7 Å². The summed E-state index contributed by atoms with van der Waals surface area (Å²) in [4.78, 5) is 24.5. The second kappa shape index (κ2) is 8.78. The van der Waals surface area contributed by atoms with Crippen LogP contribution in [0.2, 0.25) is 0 Å². The number of benzene rings is 2. The van der Waals surface area contributed by atoms with Gasteiger partial charge in [0.15, 0.2) is 11.5 Å². The molecule has 2 amide bonds. The van der Waals surface area contributed by atoms with Gasteiger partial charge in [-0.1, -0.05) is 32.9 Å². The lowest BCUT2D eigenvalue weighted by Gasteiger charge is -2.19. The molecule has 0 heterocycles. The highest BCUT2D eigenvalue weighted by atomic mass is 16.5. The van der Waals surface area contributed by atoms with Crippen molar-refractivity contribution < 1.29 is 19.1 Å². The number of ether oxygens (including phenoxy) is 2. The SMILES string of the molecule is COc1cc(C)c(NC(=O)CNC(=O)c2ccc(C(C)(C)C)cc2)cc1OC. The summed E-state index contributed by atoms with van der Waals surface area (Å²) in [5.74, 6) is 0.492. The average Bonchev–Trinajstić information content (AvgIpc) is 2.66. The molecule has 0 atom stereocenters. The van der Waals surface area contributed by atoms with Gasteiger partial charge in [0.25, 0.3) is 5.91 Å². The Morgan fingerprint density at radius 3 is 2.07 bits per heavy atom. The van der Waals surface area contributed by atoms with Gasteiger partial charge >= 0.3 is 0 Å². The van der Waals surface area contributed by atoms with E-state index >= 15 is 0 Å². The first-order chi connectivity index (χ1) is 13.2. The van der Waals surface area contributed by atoms with Crippen LogP contribution in [-0.4, -0.2) is 32.6 Å². The Bertz CT molecular complexity index is 852. The second-order valence-corrected chi connectivity index (χ2v) is 7.58. The Hall–Kier alpha value is -3.02. The first kappa shape index (κ1) is 21.3. The largest absolute Gasteiger partial charge is 0.493 e. The zero-order chi connectivity index (χ0) is 20.9. The molecule has 150 valence electrons. The van der Waals surface area contributed by atoms with Crippen molar-refractivity contribution in [2.45, 2.75) is 33.1 Å². The van der Waals surface area contributed by atoms with Crippen LogP contribution in [0.3, 0.4) is 0 Å². The minimum absolute atomic E-state index is 0.0200. The number of methoxy groups -OCH3 is 2. The minimum atomic E-state index is -0.324. The van der Waals surface area contributed by atoms with Gasteiger partial charge in [-0.2, -0.15) is 0 Å². The van der Waals surface area contributed by atoms with E-state index in [2.05, 4.69) is 31.4 Å². The van der Waals surface area contributed by atoms with Crippen LogP contribution in [0, 0.1) is 6.92 Å². The highest BCUT2D eigenvalue weighted by Gasteiger charge is 2.15. The average molecular weight is 384 g/mol. The van der Waals surface area contributed by atoms with Crippen LogP contribution in [0.4, 0.5) is 5.69 Å². The number of aryl methyl sites for hydroxylation is 1. The molecule has 2 aromatic rings. The summed E-state index contributed by atoms with van der Waals surface area (Å²) in [6, 6.07) is 10.9. The van der Waals surface area contributed by atoms with E-state index in [1.807, 2.05) is 19.1 Å². The van der Waals surface area contributed by atoms with Gasteiger partial charge in [-0.05, 0) is 41.7 Å². The van der Waals surface area contributed by atoms with Crippen molar-refractivity contribution in [3.05, 3.63) is 53.1 Å². The highest BCUT2D eigenvalue weighted by Crippen LogP contribution is 2.32. The number of hydrogen-bond donors (Lipinski definition) is 2. The van der Waals surface area contributed by atoms with E-state index in [-0.39, 0.29) is 23.8 Å². The summed E-state index contributed by atoms with van der Waals surface area (Å²) in [5, 5.41) is 5.42. The van der Waals surface area contributed by atoms with Crippen molar-refractivity contribution in [1.29, 1.82) is 0 Å². The molecule has 0 saturated carbocycles. The molecule has 0 aliphatic rings. The summed E-state index contributed by atoms with van der Waals surface area (Å²) in [5.41, 5.74) is 3.11. The Morgan fingerprint density at radius 1 is 0.964 bits per heavy atom. The van der Waals surface area contributed by atoms with E-state index in [9.17, 15) is 9.59 Å². The van der Waals surface area contributed by atoms with Crippen LogP contribution < -0.4 is 20.1 Å². The number of carbonyl (C=O) groups is 2. The number of carbonyl (C=O) groups excluding carboxylic acids is 2. The maximum absolute atomic E-state index is 12.3. The first-order valence-corrected chi connectivity index (χ1v) is 9.07. The standard InChI is InChI=1S/C22H28N2O4/c1-14-11-18(27-5)19(28-6)12-17(14)24-20(25)13-23-21(26)15-7-9-16(10-8-15)22(2,3)4/h7-12H,13H2,1-6H3,(H,23,26)(H,24,25). The molecule has 6 heteroatoms. The fourth-order valence-electron chi connectivity index (χ4n) is 2.69. The zero-order valence-corrected chi connectivity index (χ0v) is 17.3. The number of rotatable bonds is 6. The maximum Gasteiger partial charge on any atom is 0.251 e. The molecule has 0 aliphatic heterocycles. The molecule has 0 saturated heterocycles. The second-order valence-electron chi connectivity index (χ2n) is 7.58. The molecule has 6 nitrogen and oxygen atoms in total. The van der Waals surface area contributed by atoms with Gasteiger partial charge in [0.2, 0.25) is 5.91 Å². The molecule has 0 unspecified atom stereocenters. The van der Waals surface area contributed by atoms with E-state index in [0.717, 1.165) is 11.1 Å². The zero-order valence-electron chi connectivity index (χ0n) is 17.3. The summed E-state index contributed by atoms with van der Waals surface area (Å²) < 4.78 is 10.5. The van der Waals surface area contributed by atoms with Crippen molar-refractivity contribution in [3.8, 4) is 11.5 Å². The van der Waals surface area contributed by atoms with Crippen molar-refractivity contribution in [2.75, 3.05) is 26.1 Å². The molecule has 2 aromatic carbocycles. The summed E-state index contributed by atoms with van der Waals surface area (Å²) in [6.07, 6.45) is 0. The highest BCUT2D eigenvalue weighted by molar-refractivity contribution is 5.99. The summed E-state index contributed by atoms with van der Waals surface area (Å²) in [6.45, 7) is 8.06. The predicted molar refractivity (Wildman–Crippen MR) is 110 cm³/mol. The quantitative estimate of drug-likeness (QED) is 0.797. The lowest BCUT2D eigenvalue weighted by molar-refractivity contribution is -0.115. The third kappa shape index (κ3) is 5.25. The van der Waals surface area contributed by atoms with Crippen molar-refractivity contribution >= 4 is 17.5 Å². The molecule has 0 aromatic heterocycles. The van der Waals surface area contributed by atoms with Gasteiger partial charge in [-0.3, -0.25) is 9.59 Å². The summed E-state index contributed by atoms with van der Waals surface area (Å²) in [7, 11) is 3.09. The van der Waals surface area contributed by atoms with E-state index in [1.165, 1.54) is 7.11 Å². The van der Waals surface area contributed by atoms with Crippen molar-refractivity contribution in [3.63, 3.8) is 0 Å². The topological polar surface area (TPSA) is 76.7 Å². The van der Waals surface area contributed by atoms with Gasteiger partial charge < -0.3 is 20.1 Å². The molecule has 0 radical (unpaired) electrons. The lowest BCUT2D eigenvalue weighted by atomic mass is 9.87. The van der Waals surface area contributed by atoms with Gasteiger partial charge in [0, 0.05) is 17.3 Å². The first-order valence-electron chi connectivity index (χ1n) is 9.07. The third-order valence-electron chi connectivity index (χ3n) is 4.43. The smallest absolute Gasteiger partial charge is 0.251 e. The molecule has 2 rings (SSSR count). The number of amides is 2. The van der Waals surface area contributed by atoms with E-state index in [1.54, 1.807) is 31.4 Å². The maximum atomic E-state index is 12.3. The van der Waals surface area contributed by atoms with Crippen molar-refractivity contribution in [2.24, 2.45) is 0 Å². The molecule has 0 aliphatic carbocycles. The lowest BCUT2D eigenvalue weighted by Crippen LogP contribution is -2.33. The van der Waals surface area contributed by atoms with Crippen molar-refractivity contribution in [1.82, 2.24) is 5.32 Å². The number of hydrogen-bond acceptors (Lipinski definition) is 4. The Morgan fingerprint density at radius 2 is 1.54 bits per heavy atom. The van der Waals surface area contributed by atoms with Crippen LogP contribution in [-0.2, 0) is 10.2 Å². The molecular weight excluding hydrogens is 356 g/mol. The van der Waals surface area contributed by atoms with E-state index < -0.39 is 0 Å². The van der Waals surface area contributed by atoms with Gasteiger partial charge in [0.05, 0.1) is 20.8 Å². The summed E-state index contributed by atoms with van der Waals surface area (Å²) >= 11 is 0. The molecule has 28 heavy (non-hydrogen) atoms. The van der Waals surface area contributed by atoms with E-state index in [4.69, 9.17) is 9.47 Å². The van der Waals surface area contributed by atoms with Crippen LogP contribution in [0.5, 0.6) is 11.5 Å². The van der Waals surface area contributed by atoms with Crippen LogP contribution in [0.15, 0.2) is 36.4 Å². The third-order valence-corrected chi connectivity index (χ3v) is 4.43. The monoisotopic (exact) mass is 384 g/mol. The predicted octanol–water partition coefficient (Wildman–Crippen LogP) is 3.68. The fraction of sp³-hybridized carbons (Fsp3) is 0.364. The number of nitrogens with one attached hydrogen (secondary N) is 2. The Kier molecular flexibility index (Phi) is 6.67. The van der Waals surface area contributed by atoms with Crippen LogP contribution >= 0.6 is 0 Å².